The van der Waals surface area contributed by atoms with E-state index in [1.165, 1.54) is 6.33 Å². The molecule has 2 aromatic carbocycles. The fourth-order valence-electron chi connectivity index (χ4n) is 2.64. The Morgan fingerprint density at radius 2 is 2.04 bits per heavy atom. The lowest BCUT2D eigenvalue weighted by molar-refractivity contribution is -0.115. The highest BCUT2D eigenvalue weighted by Crippen LogP contribution is 2.32. The highest BCUT2D eigenvalue weighted by Gasteiger charge is 2.11. The van der Waals surface area contributed by atoms with Crippen molar-refractivity contribution in [2.24, 2.45) is 0 Å². The number of alkyl halides is 1. The maximum absolute atomic E-state index is 11.9. The Balaban J connectivity index is 1.72. The number of benzene rings is 2. The van der Waals surface area contributed by atoms with Crippen LogP contribution in [0.4, 0.5) is 17.2 Å². The second kappa shape index (κ2) is 7.75. The maximum atomic E-state index is 11.9. The molecule has 0 aliphatic rings. The van der Waals surface area contributed by atoms with Crippen molar-refractivity contribution in [2.45, 2.75) is 6.42 Å². The van der Waals surface area contributed by atoms with Crippen LogP contribution in [0.5, 0.6) is 0 Å². The molecule has 1 amide bonds. The van der Waals surface area contributed by atoms with Gasteiger partial charge in [0.15, 0.2) is 0 Å². The number of fused-ring (bicyclic) bond motifs is 2. The summed E-state index contributed by atoms with van der Waals surface area (Å²) >= 11 is 10.7. The van der Waals surface area contributed by atoms with Crippen molar-refractivity contribution in [2.75, 3.05) is 16.5 Å². The predicted octanol–water partition coefficient (Wildman–Crippen LogP) is 5.31. The van der Waals surface area contributed by atoms with Crippen molar-refractivity contribution in [1.29, 1.82) is 0 Å². The average molecular weight is 463 g/mol. The Kier molecular flexibility index (Phi) is 5.20. The Morgan fingerprint density at radius 1 is 1.15 bits per heavy atom. The molecule has 2 heterocycles. The number of halogens is 2. The number of thiazole rings is 1. The van der Waals surface area contributed by atoms with Crippen molar-refractivity contribution in [3.63, 3.8) is 0 Å². The molecule has 9 heteroatoms. The van der Waals surface area contributed by atoms with Crippen LogP contribution >= 0.6 is 38.9 Å². The summed E-state index contributed by atoms with van der Waals surface area (Å²) in [5.74, 6) is 0.781. The Labute approximate surface area is 172 Å². The Morgan fingerprint density at radius 3 is 2.89 bits per heavy atom. The SMILES string of the molecule is O=C(CCCl)Nc1cc2c(Nc3ccc4ncsc4c3)ncnc2cc1Br. The lowest BCUT2D eigenvalue weighted by Gasteiger charge is -2.12. The summed E-state index contributed by atoms with van der Waals surface area (Å²) in [5.41, 5.74) is 5.10. The molecular weight excluding hydrogens is 450 g/mol. The van der Waals surface area contributed by atoms with E-state index in [9.17, 15) is 4.79 Å². The number of amides is 1. The number of hydrogen-bond acceptors (Lipinski definition) is 6. The zero-order valence-electron chi connectivity index (χ0n) is 13.9. The minimum atomic E-state index is -0.146. The van der Waals surface area contributed by atoms with Gasteiger partial charge in [-0.2, -0.15) is 0 Å². The molecule has 0 radical (unpaired) electrons. The summed E-state index contributed by atoms with van der Waals surface area (Å²) in [6.45, 7) is 0. The molecule has 27 heavy (non-hydrogen) atoms. The molecule has 0 fully saturated rings. The van der Waals surface area contributed by atoms with E-state index in [0.29, 0.717) is 11.5 Å². The Bertz CT molecular complexity index is 1150. The second-order valence-electron chi connectivity index (χ2n) is 5.72. The topological polar surface area (TPSA) is 79.8 Å². The minimum Gasteiger partial charge on any atom is -0.340 e. The first kappa shape index (κ1) is 18.1. The van der Waals surface area contributed by atoms with E-state index >= 15 is 0 Å². The van der Waals surface area contributed by atoms with Gasteiger partial charge in [-0.1, -0.05) is 0 Å². The fourth-order valence-corrected chi connectivity index (χ4v) is 3.96. The standard InChI is InChI=1S/C18H13BrClN5OS/c19-12-7-14-11(6-15(12)25-17(26)3-4-20)18(22-8-21-14)24-10-1-2-13-16(5-10)27-9-23-13/h1-2,5-9H,3-4H2,(H,25,26)(H,21,22,24). The van der Waals surface area contributed by atoms with Gasteiger partial charge in [0.05, 0.1) is 26.9 Å². The van der Waals surface area contributed by atoms with Gasteiger partial charge in [-0.25, -0.2) is 15.0 Å². The number of nitrogens with zero attached hydrogens (tertiary/aromatic N) is 3. The molecule has 4 rings (SSSR count). The van der Waals surface area contributed by atoms with E-state index in [-0.39, 0.29) is 18.2 Å². The van der Waals surface area contributed by atoms with Gasteiger partial charge in [0.25, 0.3) is 0 Å². The van der Waals surface area contributed by atoms with Crippen LogP contribution in [0.25, 0.3) is 21.1 Å². The van der Waals surface area contributed by atoms with Gasteiger partial charge in [0.1, 0.15) is 12.1 Å². The minimum absolute atomic E-state index is 0.146. The highest BCUT2D eigenvalue weighted by atomic mass is 79.9. The second-order valence-corrected chi connectivity index (χ2v) is 7.84. The zero-order chi connectivity index (χ0) is 18.8. The van der Waals surface area contributed by atoms with Crippen molar-refractivity contribution in [3.8, 4) is 0 Å². The fraction of sp³-hybridized carbons (Fsp3) is 0.111. The van der Waals surface area contributed by atoms with Crippen LogP contribution in [0.3, 0.4) is 0 Å². The third-order valence-electron chi connectivity index (χ3n) is 3.91. The lowest BCUT2D eigenvalue weighted by Crippen LogP contribution is -2.12. The normalized spacial score (nSPS) is 11.0. The predicted molar refractivity (Wildman–Crippen MR) is 114 cm³/mol. The third kappa shape index (κ3) is 3.87. The van der Waals surface area contributed by atoms with E-state index in [1.807, 2.05) is 35.8 Å². The third-order valence-corrected chi connectivity index (χ3v) is 5.55. The van der Waals surface area contributed by atoms with Crippen LogP contribution in [0.1, 0.15) is 6.42 Å². The molecule has 136 valence electrons. The molecule has 0 saturated heterocycles. The molecule has 2 aromatic heterocycles. The molecule has 2 N–H and O–H groups in total. The lowest BCUT2D eigenvalue weighted by atomic mass is 10.2. The number of nitrogens with one attached hydrogen (secondary N) is 2. The molecular formula is C18H13BrClN5OS. The van der Waals surface area contributed by atoms with Gasteiger partial charge in [-0.15, -0.1) is 22.9 Å². The van der Waals surface area contributed by atoms with Crippen LogP contribution in [-0.2, 0) is 4.79 Å². The van der Waals surface area contributed by atoms with Gasteiger partial charge in [-0.3, -0.25) is 4.79 Å². The first-order valence-corrected chi connectivity index (χ1v) is 10.2. The summed E-state index contributed by atoms with van der Waals surface area (Å²) in [6, 6.07) is 9.65. The summed E-state index contributed by atoms with van der Waals surface area (Å²) in [4.78, 5) is 24.9. The molecule has 0 aliphatic carbocycles. The first-order valence-electron chi connectivity index (χ1n) is 8.04. The molecule has 4 aromatic rings. The number of rotatable bonds is 5. The number of hydrogen-bond donors (Lipinski definition) is 2. The summed E-state index contributed by atoms with van der Waals surface area (Å²) < 4.78 is 1.84. The maximum Gasteiger partial charge on any atom is 0.225 e. The van der Waals surface area contributed by atoms with E-state index < -0.39 is 0 Å². The monoisotopic (exact) mass is 461 g/mol. The van der Waals surface area contributed by atoms with Crippen molar-refractivity contribution in [3.05, 3.63) is 46.6 Å². The van der Waals surface area contributed by atoms with Crippen LogP contribution in [0, 0.1) is 0 Å². The van der Waals surface area contributed by atoms with Crippen LogP contribution in [-0.4, -0.2) is 26.7 Å². The van der Waals surface area contributed by atoms with Crippen molar-refractivity contribution in [1.82, 2.24) is 15.0 Å². The molecule has 0 saturated carbocycles. The number of carbonyl (C=O) groups excluding carboxylic acids is 1. The Hall–Kier alpha value is -2.29. The molecule has 0 atom stereocenters. The summed E-state index contributed by atoms with van der Waals surface area (Å²) in [7, 11) is 0. The van der Waals surface area contributed by atoms with Gasteiger partial charge in [-0.05, 0) is 46.3 Å². The van der Waals surface area contributed by atoms with Gasteiger partial charge in [0, 0.05) is 27.8 Å². The van der Waals surface area contributed by atoms with E-state index in [1.54, 1.807) is 11.3 Å². The van der Waals surface area contributed by atoms with Gasteiger partial charge < -0.3 is 10.6 Å². The summed E-state index contributed by atoms with van der Waals surface area (Å²) in [5, 5.41) is 6.99. The highest BCUT2D eigenvalue weighted by molar-refractivity contribution is 9.10. The van der Waals surface area contributed by atoms with Crippen molar-refractivity contribution >= 4 is 83.1 Å². The largest absolute Gasteiger partial charge is 0.340 e. The molecule has 0 aliphatic heterocycles. The molecule has 0 unspecified atom stereocenters. The molecule has 0 spiro atoms. The number of aromatic nitrogens is 3. The van der Waals surface area contributed by atoms with Crippen LogP contribution < -0.4 is 10.6 Å². The number of anilines is 3. The first-order chi connectivity index (χ1) is 13.1. The molecule has 0 bridgehead atoms. The smallest absolute Gasteiger partial charge is 0.225 e. The van der Waals surface area contributed by atoms with Gasteiger partial charge >= 0.3 is 0 Å². The van der Waals surface area contributed by atoms with Crippen molar-refractivity contribution < 1.29 is 4.79 Å². The van der Waals surface area contributed by atoms with E-state index in [4.69, 9.17) is 11.6 Å². The number of carbonyl (C=O) groups is 1. The average Bonchev–Trinajstić information content (AvgIpc) is 3.11. The van der Waals surface area contributed by atoms with Crippen LogP contribution in [0.15, 0.2) is 46.6 Å². The quantitative estimate of drug-likeness (QED) is 0.393. The molecule has 6 nitrogen and oxygen atoms in total. The van der Waals surface area contributed by atoms with E-state index in [0.717, 1.165) is 31.3 Å². The van der Waals surface area contributed by atoms with Crippen LogP contribution in [0.2, 0.25) is 0 Å². The van der Waals surface area contributed by atoms with E-state index in [2.05, 4.69) is 41.5 Å². The van der Waals surface area contributed by atoms with Gasteiger partial charge in [0.2, 0.25) is 5.91 Å². The summed E-state index contributed by atoms with van der Waals surface area (Å²) in [6.07, 6.45) is 1.76. The zero-order valence-corrected chi connectivity index (χ0v) is 17.0.